The van der Waals surface area contributed by atoms with Crippen LogP contribution >= 0.6 is 0 Å². The lowest BCUT2D eigenvalue weighted by molar-refractivity contribution is 0.297. The minimum absolute atomic E-state index is 0.471. The Morgan fingerprint density at radius 2 is 1.59 bits per heavy atom. The monoisotopic (exact) mass is 434 g/mol. The molecule has 0 atom stereocenters. The first-order valence-electron chi connectivity index (χ1n) is 10.1. The molecule has 1 aliphatic heterocycles. The zero-order valence-electron chi connectivity index (χ0n) is 18.0. The molecule has 32 heavy (non-hydrogen) atoms. The second-order valence-electron chi connectivity index (χ2n) is 7.10. The van der Waals surface area contributed by atoms with E-state index in [1.807, 2.05) is 36.4 Å². The summed E-state index contributed by atoms with van der Waals surface area (Å²) >= 11 is 0. The van der Waals surface area contributed by atoms with E-state index < -0.39 is 0 Å². The summed E-state index contributed by atoms with van der Waals surface area (Å²) in [7, 11) is 4.71. The average Bonchev–Trinajstić information content (AvgIpc) is 3.14. The number of nitrogens with zero attached hydrogens (tertiary/aromatic N) is 4. The lowest BCUT2D eigenvalue weighted by atomic mass is 10.1. The van der Waals surface area contributed by atoms with Gasteiger partial charge in [-0.3, -0.25) is 0 Å². The molecule has 2 aromatic heterocycles. The van der Waals surface area contributed by atoms with Crippen LogP contribution < -0.4 is 23.7 Å². The Hall–Kier alpha value is -4.01. The maximum absolute atomic E-state index is 5.84. The summed E-state index contributed by atoms with van der Waals surface area (Å²) in [5.74, 6) is 3.97. The van der Waals surface area contributed by atoms with Gasteiger partial charge < -0.3 is 23.7 Å². The Kier molecular flexibility index (Phi) is 5.14. The first kappa shape index (κ1) is 19.9. The van der Waals surface area contributed by atoms with Crippen LogP contribution in [0.3, 0.4) is 0 Å². The Balaban J connectivity index is 1.61. The van der Waals surface area contributed by atoms with Crippen molar-refractivity contribution in [3.05, 3.63) is 42.6 Å². The van der Waals surface area contributed by atoms with Gasteiger partial charge in [-0.1, -0.05) is 0 Å². The summed E-state index contributed by atoms with van der Waals surface area (Å²) in [5, 5.41) is 4.72. The van der Waals surface area contributed by atoms with Gasteiger partial charge in [-0.25, -0.2) is 4.98 Å². The highest BCUT2D eigenvalue weighted by atomic mass is 16.5. The van der Waals surface area contributed by atoms with Gasteiger partial charge in [0, 0.05) is 23.7 Å². The van der Waals surface area contributed by atoms with Crippen molar-refractivity contribution in [1.82, 2.24) is 19.6 Å². The lowest BCUT2D eigenvalue weighted by Crippen LogP contribution is -1.98. The third-order valence-corrected chi connectivity index (χ3v) is 5.21. The first-order chi connectivity index (χ1) is 15.7. The van der Waals surface area contributed by atoms with E-state index in [4.69, 9.17) is 28.8 Å². The molecule has 2 aromatic carbocycles. The summed E-state index contributed by atoms with van der Waals surface area (Å²) < 4.78 is 29.6. The van der Waals surface area contributed by atoms with Gasteiger partial charge in [-0.2, -0.15) is 9.50 Å². The first-order valence-corrected chi connectivity index (χ1v) is 10.1. The molecule has 0 unspecified atom stereocenters. The van der Waals surface area contributed by atoms with Gasteiger partial charge in [-0.05, 0) is 36.4 Å². The molecular formula is C23H22N4O5. The van der Waals surface area contributed by atoms with Gasteiger partial charge in [0.25, 0.3) is 5.78 Å². The molecule has 0 radical (unpaired) electrons. The number of methoxy groups -OCH3 is 3. The third-order valence-electron chi connectivity index (χ3n) is 5.21. The molecule has 0 aliphatic carbocycles. The number of rotatable bonds is 5. The minimum Gasteiger partial charge on any atom is -0.493 e. The fourth-order valence-electron chi connectivity index (χ4n) is 3.67. The van der Waals surface area contributed by atoms with Crippen LogP contribution in [0.2, 0.25) is 0 Å². The van der Waals surface area contributed by atoms with Crippen molar-refractivity contribution in [1.29, 1.82) is 0 Å². The number of fused-ring (bicyclic) bond motifs is 2. The maximum atomic E-state index is 5.84. The smallest absolute Gasteiger partial charge is 0.253 e. The zero-order valence-corrected chi connectivity index (χ0v) is 18.0. The molecule has 0 saturated heterocycles. The number of aromatic nitrogens is 4. The molecule has 0 spiro atoms. The molecule has 0 saturated carbocycles. The van der Waals surface area contributed by atoms with Crippen LogP contribution in [-0.2, 0) is 0 Å². The Labute approximate surface area is 184 Å². The molecule has 9 heteroatoms. The average molecular weight is 434 g/mol. The molecule has 4 aromatic rings. The molecule has 164 valence electrons. The van der Waals surface area contributed by atoms with Crippen LogP contribution in [0.4, 0.5) is 0 Å². The number of hydrogen-bond donors (Lipinski definition) is 0. The molecule has 0 amide bonds. The van der Waals surface area contributed by atoms with E-state index in [-0.39, 0.29) is 0 Å². The van der Waals surface area contributed by atoms with Crippen molar-refractivity contribution in [3.63, 3.8) is 0 Å². The Morgan fingerprint density at radius 3 is 2.31 bits per heavy atom. The van der Waals surface area contributed by atoms with Crippen LogP contribution in [0.25, 0.3) is 28.4 Å². The summed E-state index contributed by atoms with van der Waals surface area (Å²) in [6, 6.07) is 11.4. The third kappa shape index (κ3) is 3.41. The molecule has 3 heterocycles. The van der Waals surface area contributed by atoms with Gasteiger partial charge in [0.15, 0.2) is 28.8 Å². The van der Waals surface area contributed by atoms with Crippen molar-refractivity contribution in [2.45, 2.75) is 6.42 Å². The lowest BCUT2D eigenvalue weighted by Gasteiger charge is -2.12. The van der Waals surface area contributed by atoms with Gasteiger partial charge in [0.2, 0.25) is 5.75 Å². The molecular weight excluding hydrogens is 412 g/mol. The Bertz CT molecular complexity index is 1260. The van der Waals surface area contributed by atoms with Gasteiger partial charge in [0.1, 0.15) is 0 Å². The van der Waals surface area contributed by atoms with Crippen molar-refractivity contribution in [3.8, 4) is 51.4 Å². The highest BCUT2D eigenvalue weighted by Crippen LogP contribution is 2.41. The van der Waals surface area contributed by atoms with E-state index in [0.717, 1.165) is 34.7 Å². The van der Waals surface area contributed by atoms with Crippen LogP contribution in [0.15, 0.2) is 42.6 Å². The number of ether oxygens (including phenoxy) is 5. The van der Waals surface area contributed by atoms with Crippen LogP contribution in [-0.4, -0.2) is 54.1 Å². The fourth-order valence-corrected chi connectivity index (χ4v) is 3.67. The summed E-state index contributed by atoms with van der Waals surface area (Å²) in [6.07, 6.45) is 2.56. The van der Waals surface area contributed by atoms with Crippen molar-refractivity contribution < 1.29 is 23.7 Å². The molecule has 0 bridgehead atoms. The molecule has 9 nitrogen and oxygen atoms in total. The molecule has 5 rings (SSSR count). The fraction of sp³-hybridized carbons (Fsp3) is 0.261. The summed E-state index contributed by atoms with van der Waals surface area (Å²) in [4.78, 5) is 8.99. The second kappa shape index (κ2) is 8.26. The van der Waals surface area contributed by atoms with Crippen molar-refractivity contribution in [2.24, 2.45) is 0 Å². The van der Waals surface area contributed by atoms with E-state index in [1.165, 1.54) is 0 Å². The van der Waals surface area contributed by atoms with Crippen molar-refractivity contribution >= 4 is 5.78 Å². The SMILES string of the molecule is COc1cc(-c2nc3nccc(-c4ccc5c(c4)OCCCO5)n3n2)cc(OC)c1OC. The van der Waals surface area contributed by atoms with E-state index in [9.17, 15) is 0 Å². The van der Waals surface area contributed by atoms with Crippen LogP contribution in [0.1, 0.15) is 6.42 Å². The molecule has 1 aliphatic rings. The Morgan fingerprint density at radius 1 is 0.844 bits per heavy atom. The largest absolute Gasteiger partial charge is 0.493 e. The quantitative estimate of drug-likeness (QED) is 0.470. The van der Waals surface area contributed by atoms with Crippen molar-refractivity contribution in [2.75, 3.05) is 34.5 Å². The number of hydrogen-bond acceptors (Lipinski definition) is 8. The highest BCUT2D eigenvalue weighted by molar-refractivity contribution is 5.69. The minimum atomic E-state index is 0.471. The predicted octanol–water partition coefficient (Wildman–Crippen LogP) is 3.65. The number of benzene rings is 2. The van der Waals surface area contributed by atoms with E-state index in [2.05, 4.69) is 9.97 Å². The zero-order chi connectivity index (χ0) is 22.1. The van der Waals surface area contributed by atoms with Crippen LogP contribution in [0, 0.1) is 0 Å². The topological polar surface area (TPSA) is 89.2 Å². The van der Waals surface area contributed by atoms with Gasteiger partial charge in [-0.15, -0.1) is 5.10 Å². The molecule has 0 N–H and O–H groups in total. The normalized spacial score (nSPS) is 13.0. The van der Waals surface area contributed by atoms with Gasteiger partial charge in [0.05, 0.1) is 40.2 Å². The van der Waals surface area contributed by atoms with Gasteiger partial charge >= 0.3 is 0 Å². The maximum Gasteiger partial charge on any atom is 0.253 e. The van der Waals surface area contributed by atoms with E-state index in [1.54, 1.807) is 32.0 Å². The summed E-state index contributed by atoms with van der Waals surface area (Å²) in [6.45, 7) is 1.27. The van der Waals surface area contributed by atoms with Crippen LogP contribution in [0.5, 0.6) is 28.7 Å². The highest BCUT2D eigenvalue weighted by Gasteiger charge is 2.19. The summed E-state index contributed by atoms with van der Waals surface area (Å²) in [5.41, 5.74) is 2.47. The van der Waals surface area contributed by atoms with E-state index in [0.29, 0.717) is 42.1 Å². The predicted molar refractivity (Wildman–Crippen MR) is 117 cm³/mol. The molecule has 0 fully saturated rings. The van der Waals surface area contributed by atoms with E-state index >= 15 is 0 Å². The second-order valence-corrected chi connectivity index (χ2v) is 7.10. The standard InChI is InChI=1S/C23H22N4O5/c1-28-19-12-15(13-20(29-2)21(19)30-3)22-25-23-24-8-7-16(27(23)26-22)14-5-6-17-18(11-14)32-10-4-9-31-17/h5-8,11-13H,4,9-10H2,1-3H3.